The number of thiophene rings is 1. The molecule has 1 heterocycles. The number of nitrogens with two attached hydrogens (primary N) is 1. The molecule has 0 aliphatic rings. The number of benzene rings is 2. The molecule has 0 saturated heterocycles. The van der Waals surface area contributed by atoms with Gasteiger partial charge in [0.25, 0.3) is 5.91 Å². The lowest BCUT2D eigenvalue weighted by atomic mass is 10.1. The van der Waals surface area contributed by atoms with Crippen LogP contribution in [0.15, 0.2) is 64.9 Å². The lowest BCUT2D eigenvalue weighted by molar-refractivity contribution is -0.118. The van der Waals surface area contributed by atoms with E-state index in [1.165, 1.54) is 11.3 Å². The molecule has 3 rings (SSSR count). The fourth-order valence-corrected chi connectivity index (χ4v) is 3.66. The molecule has 0 radical (unpaired) electrons. The third kappa shape index (κ3) is 4.77. The Kier molecular flexibility index (Phi) is 6.28. The quantitative estimate of drug-likeness (QED) is 0.459. The summed E-state index contributed by atoms with van der Waals surface area (Å²) in [4.78, 5) is 26.2. The zero-order valence-electron chi connectivity index (χ0n) is 14.6. The average molecular weight is 399 g/mol. The van der Waals surface area contributed by atoms with Crippen molar-refractivity contribution in [2.45, 2.75) is 11.8 Å². The fourth-order valence-electron chi connectivity index (χ4n) is 2.48. The maximum atomic E-state index is 12.6. The Morgan fingerprint density at radius 1 is 1.15 bits per heavy atom. The number of anilines is 1. The molecule has 3 aromatic rings. The van der Waals surface area contributed by atoms with E-state index in [0.717, 1.165) is 22.4 Å². The number of nitrogens with one attached hydrogen (secondary N) is 1. The second kappa shape index (κ2) is 8.85. The predicted molar refractivity (Wildman–Crippen MR) is 110 cm³/mol. The van der Waals surface area contributed by atoms with E-state index in [1.807, 2.05) is 37.3 Å². The van der Waals surface area contributed by atoms with Crippen molar-refractivity contribution in [3.05, 3.63) is 76.0 Å². The first-order valence-corrected chi connectivity index (χ1v) is 9.91. The minimum atomic E-state index is -0.296. The number of amides is 1. The Bertz CT molecular complexity index is 955. The Hall–Kier alpha value is -2.61. The summed E-state index contributed by atoms with van der Waals surface area (Å²) in [5.41, 5.74) is 2.20. The Morgan fingerprint density at radius 3 is 2.63 bits per heavy atom. The molecule has 0 aliphatic heterocycles. The van der Waals surface area contributed by atoms with E-state index in [-0.39, 0.29) is 18.3 Å². The van der Waals surface area contributed by atoms with Gasteiger partial charge in [-0.25, -0.2) is 0 Å². The van der Waals surface area contributed by atoms with Crippen molar-refractivity contribution in [2.24, 2.45) is 5.14 Å². The van der Waals surface area contributed by atoms with Gasteiger partial charge in [0.05, 0.1) is 0 Å². The molecule has 27 heavy (non-hydrogen) atoms. The molecule has 0 aliphatic carbocycles. The molecule has 3 N–H and O–H groups in total. The van der Waals surface area contributed by atoms with Gasteiger partial charge in [0.1, 0.15) is 10.6 Å². The molecule has 7 heteroatoms. The van der Waals surface area contributed by atoms with E-state index in [0.29, 0.717) is 21.9 Å². The van der Waals surface area contributed by atoms with Gasteiger partial charge in [-0.15, -0.1) is 11.3 Å². The Balaban J connectivity index is 1.63. The third-order valence-corrected chi connectivity index (χ3v) is 5.26. The standard InChI is InChI=1S/C20H18N2O3S2/c1-13-11-15(27-21)7-8-16(13)22-18(23)12-25-17-9-10-26-20(17)19(24)14-5-3-2-4-6-14/h2-11H,12,21H2,1H3,(H,22,23). The summed E-state index contributed by atoms with van der Waals surface area (Å²) in [6, 6.07) is 16.2. The van der Waals surface area contributed by atoms with E-state index in [4.69, 9.17) is 9.88 Å². The first-order valence-electron chi connectivity index (χ1n) is 8.15. The van der Waals surface area contributed by atoms with Crippen molar-refractivity contribution in [1.29, 1.82) is 0 Å². The number of ether oxygens (including phenoxy) is 1. The third-order valence-electron chi connectivity index (χ3n) is 3.84. The van der Waals surface area contributed by atoms with Crippen molar-refractivity contribution in [3.63, 3.8) is 0 Å². The topological polar surface area (TPSA) is 81.4 Å². The highest BCUT2D eigenvalue weighted by Crippen LogP contribution is 2.28. The van der Waals surface area contributed by atoms with E-state index in [1.54, 1.807) is 29.6 Å². The fraction of sp³-hybridized carbons (Fsp3) is 0.100. The van der Waals surface area contributed by atoms with Crippen LogP contribution in [0.25, 0.3) is 0 Å². The summed E-state index contributed by atoms with van der Waals surface area (Å²) in [5, 5.41) is 10.1. The van der Waals surface area contributed by atoms with E-state index in [9.17, 15) is 9.59 Å². The van der Waals surface area contributed by atoms with Crippen molar-refractivity contribution in [3.8, 4) is 5.75 Å². The lowest BCUT2D eigenvalue weighted by Gasteiger charge is -2.10. The first-order chi connectivity index (χ1) is 13.1. The number of hydrogen-bond donors (Lipinski definition) is 2. The van der Waals surface area contributed by atoms with E-state index >= 15 is 0 Å². The Labute approximate surface area is 165 Å². The summed E-state index contributed by atoms with van der Waals surface area (Å²) >= 11 is 2.45. The number of carbonyl (C=O) groups is 2. The monoisotopic (exact) mass is 398 g/mol. The second-order valence-corrected chi connectivity index (χ2v) is 7.36. The number of ketones is 1. The van der Waals surface area contributed by atoms with E-state index in [2.05, 4.69) is 5.32 Å². The van der Waals surface area contributed by atoms with Crippen LogP contribution in [0.3, 0.4) is 0 Å². The summed E-state index contributed by atoms with van der Waals surface area (Å²) in [6.07, 6.45) is 0. The molecule has 0 bridgehead atoms. The number of carbonyl (C=O) groups excluding carboxylic acids is 2. The predicted octanol–water partition coefficient (Wildman–Crippen LogP) is 4.27. The van der Waals surface area contributed by atoms with Crippen LogP contribution >= 0.6 is 23.3 Å². The molecule has 0 fully saturated rings. The first kappa shape index (κ1) is 19.2. The minimum absolute atomic E-state index is 0.119. The molecule has 0 atom stereocenters. The average Bonchev–Trinajstić information content (AvgIpc) is 3.16. The molecule has 2 aromatic carbocycles. The van der Waals surface area contributed by atoms with Gasteiger partial charge in [-0.2, -0.15) is 0 Å². The smallest absolute Gasteiger partial charge is 0.262 e. The lowest BCUT2D eigenvalue weighted by Crippen LogP contribution is -2.21. The summed E-state index contributed by atoms with van der Waals surface area (Å²) < 4.78 is 5.59. The van der Waals surface area contributed by atoms with Crippen LogP contribution in [0, 0.1) is 6.92 Å². The van der Waals surface area contributed by atoms with Crippen LogP contribution in [0.5, 0.6) is 5.75 Å². The van der Waals surface area contributed by atoms with Gasteiger partial charge in [0, 0.05) is 16.1 Å². The molecule has 0 saturated carbocycles. The van der Waals surface area contributed by atoms with Gasteiger partial charge in [0.15, 0.2) is 6.61 Å². The molecule has 1 amide bonds. The van der Waals surface area contributed by atoms with E-state index < -0.39 is 0 Å². The van der Waals surface area contributed by atoms with Crippen LogP contribution in [0.4, 0.5) is 5.69 Å². The van der Waals surface area contributed by atoms with Crippen LogP contribution in [-0.2, 0) is 4.79 Å². The van der Waals surface area contributed by atoms with Crippen LogP contribution in [0.2, 0.25) is 0 Å². The summed E-state index contributed by atoms with van der Waals surface area (Å²) in [7, 11) is 0. The molecule has 138 valence electrons. The molecule has 5 nitrogen and oxygen atoms in total. The zero-order valence-corrected chi connectivity index (χ0v) is 16.2. The van der Waals surface area contributed by atoms with Crippen LogP contribution < -0.4 is 15.2 Å². The van der Waals surface area contributed by atoms with Gasteiger partial charge in [0.2, 0.25) is 5.78 Å². The van der Waals surface area contributed by atoms with Crippen LogP contribution in [-0.4, -0.2) is 18.3 Å². The van der Waals surface area contributed by atoms with Crippen LogP contribution in [0.1, 0.15) is 20.8 Å². The number of aryl methyl sites for hydroxylation is 1. The van der Waals surface area contributed by atoms with Gasteiger partial charge < -0.3 is 10.1 Å². The highest BCUT2D eigenvalue weighted by molar-refractivity contribution is 7.97. The largest absolute Gasteiger partial charge is 0.482 e. The highest BCUT2D eigenvalue weighted by Gasteiger charge is 2.17. The van der Waals surface area contributed by atoms with Gasteiger partial charge in [-0.05, 0) is 54.1 Å². The van der Waals surface area contributed by atoms with Gasteiger partial charge in [-0.3, -0.25) is 14.7 Å². The second-order valence-electron chi connectivity index (χ2n) is 5.74. The van der Waals surface area contributed by atoms with Crippen molar-refractivity contribution >= 4 is 40.7 Å². The maximum Gasteiger partial charge on any atom is 0.262 e. The minimum Gasteiger partial charge on any atom is -0.482 e. The molecule has 1 aromatic heterocycles. The van der Waals surface area contributed by atoms with Crippen molar-refractivity contribution in [1.82, 2.24) is 0 Å². The molecule has 0 unspecified atom stereocenters. The number of rotatable bonds is 7. The summed E-state index contributed by atoms with van der Waals surface area (Å²) in [5.74, 6) is -0.00195. The highest BCUT2D eigenvalue weighted by atomic mass is 32.2. The normalized spacial score (nSPS) is 10.4. The van der Waals surface area contributed by atoms with Gasteiger partial charge in [-0.1, -0.05) is 30.3 Å². The Morgan fingerprint density at radius 2 is 1.93 bits per heavy atom. The maximum absolute atomic E-state index is 12.6. The molecule has 0 spiro atoms. The van der Waals surface area contributed by atoms with Gasteiger partial charge >= 0.3 is 0 Å². The number of hydrogen-bond acceptors (Lipinski definition) is 6. The zero-order chi connectivity index (χ0) is 19.2. The summed E-state index contributed by atoms with van der Waals surface area (Å²) in [6.45, 7) is 1.71. The molecular formula is C20H18N2O3S2. The molecular weight excluding hydrogens is 380 g/mol. The van der Waals surface area contributed by atoms with Crippen molar-refractivity contribution < 1.29 is 14.3 Å². The SMILES string of the molecule is Cc1cc(SN)ccc1NC(=O)COc1ccsc1C(=O)c1ccccc1. The van der Waals surface area contributed by atoms with Crippen molar-refractivity contribution in [2.75, 3.05) is 11.9 Å².